The van der Waals surface area contributed by atoms with Crippen LogP contribution in [0.3, 0.4) is 0 Å². The molecule has 20 heavy (non-hydrogen) atoms. The smallest absolute Gasteiger partial charge is 0.389 e. The van der Waals surface area contributed by atoms with Gasteiger partial charge in [0.1, 0.15) is 0 Å². The second kappa shape index (κ2) is 7.51. The molecule has 0 saturated carbocycles. The Morgan fingerprint density at radius 1 is 1.40 bits per heavy atom. The maximum atomic E-state index is 12.1. The lowest BCUT2D eigenvalue weighted by atomic mass is 10.2. The van der Waals surface area contributed by atoms with Crippen molar-refractivity contribution < 1.29 is 27.8 Å². The van der Waals surface area contributed by atoms with E-state index in [1.54, 1.807) is 0 Å². The predicted molar refractivity (Wildman–Crippen MR) is 68.6 cm³/mol. The van der Waals surface area contributed by atoms with Gasteiger partial charge in [0.2, 0.25) is 0 Å². The third-order valence-corrected chi connectivity index (χ3v) is 2.95. The molecule has 1 aromatic carbocycles. The Morgan fingerprint density at radius 3 is 2.50 bits per heavy atom. The molecule has 0 aliphatic heterocycles. The predicted octanol–water partition coefficient (Wildman–Crippen LogP) is 2.04. The molecule has 1 atom stereocenters. The number of hydrogen-bond acceptors (Lipinski definition) is 4. The Morgan fingerprint density at radius 2 is 2.00 bits per heavy atom. The molecule has 112 valence electrons. The number of halogens is 3. The second-order valence-electron chi connectivity index (χ2n) is 3.89. The van der Waals surface area contributed by atoms with Crippen molar-refractivity contribution >= 4 is 17.7 Å². The minimum absolute atomic E-state index is 0.00568. The Hall–Kier alpha value is -1.25. The van der Waals surface area contributed by atoms with E-state index in [1.165, 1.54) is 31.4 Å². The van der Waals surface area contributed by atoms with Crippen LogP contribution in [0.5, 0.6) is 0 Å². The van der Waals surface area contributed by atoms with E-state index in [4.69, 9.17) is 4.74 Å². The number of alkyl halides is 3. The van der Waals surface area contributed by atoms with Gasteiger partial charge in [-0.2, -0.15) is 13.2 Å². The third-order valence-electron chi connectivity index (χ3n) is 2.21. The Labute approximate surface area is 118 Å². The van der Waals surface area contributed by atoms with E-state index < -0.39 is 17.5 Å². The van der Waals surface area contributed by atoms with Gasteiger partial charge in [-0.15, -0.1) is 0 Å². The summed E-state index contributed by atoms with van der Waals surface area (Å²) in [5.41, 5.74) is -4.13. The summed E-state index contributed by atoms with van der Waals surface area (Å²) in [6, 6.07) is 5.04. The van der Waals surface area contributed by atoms with E-state index in [9.17, 15) is 23.1 Å². The number of carbonyl (C=O) groups is 1. The lowest BCUT2D eigenvalue weighted by Gasteiger charge is -2.11. The van der Waals surface area contributed by atoms with Gasteiger partial charge in [-0.1, -0.05) is 0 Å². The molecule has 0 heterocycles. The molecular formula is C12H14F3NO3S. The summed E-state index contributed by atoms with van der Waals surface area (Å²) in [5, 5.41) is 11.8. The summed E-state index contributed by atoms with van der Waals surface area (Å²) in [6.45, 7) is 0.0904. The highest BCUT2D eigenvalue weighted by atomic mass is 32.2. The van der Waals surface area contributed by atoms with Crippen molar-refractivity contribution in [3.63, 3.8) is 0 Å². The zero-order valence-electron chi connectivity index (χ0n) is 10.6. The normalized spacial score (nSPS) is 13.1. The van der Waals surface area contributed by atoms with Crippen molar-refractivity contribution in [3.05, 3.63) is 29.8 Å². The van der Waals surface area contributed by atoms with Gasteiger partial charge in [0.15, 0.2) is 0 Å². The van der Waals surface area contributed by atoms with Crippen molar-refractivity contribution in [1.82, 2.24) is 5.32 Å². The summed E-state index contributed by atoms with van der Waals surface area (Å²) in [6.07, 6.45) is -0.830. The number of benzene rings is 1. The van der Waals surface area contributed by atoms with Gasteiger partial charge in [-0.25, -0.2) is 0 Å². The first kappa shape index (κ1) is 16.8. The van der Waals surface area contributed by atoms with Crippen LogP contribution < -0.4 is 5.32 Å². The summed E-state index contributed by atoms with van der Waals surface area (Å²) in [4.78, 5) is 11.7. The molecule has 8 heteroatoms. The van der Waals surface area contributed by atoms with Crippen molar-refractivity contribution in [2.24, 2.45) is 0 Å². The van der Waals surface area contributed by atoms with E-state index in [0.717, 1.165) is 0 Å². The van der Waals surface area contributed by atoms with E-state index in [0.29, 0.717) is 0 Å². The summed E-state index contributed by atoms with van der Waals surface area (Å²) in [5.74, 6) is -0.469. The molecule has 0 radical (unpaired) electrons. The van der Waals surface area contributed by atoms with Crippen LogP contribution in [-0.4, -0.2) is 42.9 Å². The quantitative estimate of drug-likeness (QED) is 0.790. The maximum Gasteiger partial charge on any atom is 0.446 e. The van der Waals surface area contributed by atoms with Crippen molar-refractivity contribution in [2.75, 3.05) is 20.3 Å². The zero-order valence-corrected chi connectivity index (χ0v) is 11.4. The highest BCUT2D eigenvalue weighted by molar-refractivity contribution is 8.00. The van der Waals surface area contributed by atoms with Crippen LogP contribution in [0.2, 0.25) is 0 Å². The molecule has 0 aliphatic carbocycles. The second-order valence-corrected chi connectivity index (χ2v) is 5.03. The van der Waals surface area contributed by atoms with Crippen LogP contribution in [0.4, 0.5) is 13.2 Å². The number of thioether (sulfide) groups is 1. The summed E-state index contributed by atoms with van der Waals surface area (Å²) >= 11 is -0.242. The first-order valence-corrected chi connectivity index (χ1v) is 6.44. The van der Waals surface area contributed by atoms with Gasteiger partial charge in [0.05, 0.1) is 12.7 Å². The fraction of sp³-hybridized carbons (Fsp3) is 0.417. The van der Waals surface area contributed by atoms with Crippen LogP contribution >= 0.6 is 11.8 Å². The summed E-state index contributed by atoms with van der Waals surface area (Å²) in [7, 11) is 1.42. The molecular weight excluding hydrogens is 295 g/mol. The van der Waals surface area contributed by atoms with Crippen molar-refractivity contribution in [1.29, 1.82) is 0 Å². The highest BCUT2D eigenvalue weighted by Gasteiger charge is 2.29. The number of aliphatic hydroxyl groups is 1. The lowest BCUT2D eigenvalue weighted by Crippen LogP contribution is -2.34. The lowest BCUT2D eigenvalue weighted by molar-refractivity contribution is -0.0328. The van der Waals surface area contributed by atoms with Gasteiger partial charge < -0.3 is 15.2 Å². The molecule has 2 N–H and O–H groups in total. The Balaban J connectivity index is 2.53. The standard InChI is InChI=1S/C12H14F3NO3S/c1-19-7-9(17)6-16-11(18)8-2-4-10(5-3-8)20-12(13,14)15/h2-5,9,17H,6-7H2,1H3,(H,16,18). The van der Waals surface area contributed by atoms with Gasteiger partial charge >= 0.3 is 5.51 Å². The molecule has 1 unspecified atom stereocenters. The van der Waals surface area contributed by atoms with Crippen LogP contribution in [0, 0.1) is 0 Å². The van der Waals surface area contributed by atoms with Gasteiger partial charge in [-0.05, 0) is 36.0 Å². The molecule has 0 aromatic heterocycles. The molecule has 0 bridgehead atoms. The van der Waals surface area contributed by atoms with E-state index >= 15 is 0 Å². The largest absolute Gasteiger partial charge is 0.446 e. The van der Waals surface area contributed by atoms with Crippen LogP contribution in [0.1, 0.15) is 10.4 Å². The van der Waals surface area contributed by atoms with Crippen LogP contribution in [0.15, 0.2) is 29.2 Å². The maximum absolute atomic E-state index is 12.1. The minimum atomic E-state index is -4.35. The number of rotatable bonds is 6. The number of aliphatic hydroxyl groups excluding tert-OH is 1. The van der Waals surface area contributed by atoms with Gasteiger partial charge in [0, 0.05) is 24.1 Å². The SMILES string of the molecule is COCC(O)CNC(=O)c1ccc(SC(F)(F)F)cc1. The average molecular weight is 309 g/mol. The zero-order chi connectivity index (χ0) is 15.2. The van der Waals surface area contributed by atoms with Gasteiger partial charge in [-0.3, -0.25) is 4.79 Å². The highest BCUT2D eigenvalue weighted by Crippen LogP contribution is 2.36. The van der Waals surface area contributed by atoms with Crippen LogP contribution in [-0.2, 0) is 4.74 Å². The van der Waals surface area contributed by atoms with E-state index in [1.807, 2.05) is 0 Å². The molecule has 4 nitrogen and oxygen atoms in total. The average Bonchev–Trinajstić information content (AvgIpc) is 2.35. The first-order chi connectivity index (χ1) is 9.31. The molecule has 0 spiro atoms. The third kappa shape index (κ3) is 6.27. The molecule has 0 fully saturated rings. The Bertz CT molecular complexity index is 437. The number of methoxy groups -OCH3 is 1. The number of ether oxygens (including phenoxy) is 1. The molecule has 1 aromatic rings. The monoisotopic (exact) mass is 309 g/mol. The fourth-order valence-electron chi connectivity index (χ4n) is 1.37. The molecule has 0 aliphatic rings. The number of nitrogens with one attached hydrogen (secondary N) is 1. The van der Waals surface area contributed by atoms with E-state index in [-0.39, 0.29) is 35.4 Å². The number of amides is 1. The molecule has 1 amide bonds. The topological polar surface area (TPSA) is 58.6 Å². The summed E-state index contributed by atoms with van der Waals surface area (Å²) < 4.78 is 41.1. The minimum Gasteiger partial charge on any atom is -0.389 e. The molecule has 1 rings (SSSR count). The van der Waals surface area contributed by atoms with Gasteiger partial charge in [0.25, 0.3) is 5.91 Å². The van der Waals surface area contributed by atoms with Crippen molar-refractivity contribution in [2.45, 2.75) is 16.5 Å². The molecule has 0 saturated heterocycles. The van der Waals surface area contributed by atoms with Crippen LogP contribution in [0.25, 0.3) is 0 Å². The first-order valence-electron chi connectivity index (χ1n) is 5.63. The number of hydrogen-bond donors (Lipinski definition) is 2. The Kier molecular flexibility index (Phi) is 6.31. The number of carbonyl (C=O) groups excluding carboxylic acids is 1. The van der Waals surface area contributed by atoms with Crippen molar-refractivity contribution in [3.8, 4) is 0 Å². The fourth-order valence-corrected chi connectivity index (χ4v) is 1.91. The van der Waals surface area contributed by atoms with E-state index in [2.05, 4.69) is 5.32 Å².